The first-order valence-corrected chi connectivity index (χ1v) is 9.41. The van der Waals surface area contributed by atoms with Crippen molar-refractivity contribution in [1.82, 2.24) is 15.1 Å². The summed E-state index contributed by atoms with van der Waals surface area (Å²) in [5.41, 5.74) is 1.66. The van der Waals surface area contributed by atoms with Gasteiger partial charge in [0.2, 0.25) is 0 Å². The maximum absolute atomic E-state index is 13.9. The van der Waals surface area contributed by atoms with Gasteiger partial charge in [-0.1, -0.05) is 24.3 Å². The predicted octanol–water partition coefficient (Wildman–Crippen LogP) is 3.11. The molecule has 1 unspecified atom stereocenters. The summed E-state index contributed by atoms with van der Waals surface area (Å²) < 4.78 is 13.9. The zero-order valence-electron chi connectivity index (χ0n) is 14.6. The first kappa shape index (κ1) is 16.6. The van der Waals surface area contributed by atoms with Crippen LogP contribution in [0.4, 0.5) is 9.18 Å². The third kappa shape index (κ3) is 3.87. The number of hydrogen-bond donors (Lipinski definition) is 1. The van der Waals surface area contributed by atoms with Gasteiger partial charge in [-0.25, -0.2) is 9.18 Å². The van der Waals surface area contributed by atoms with Gasteiger partial charge in [0.15, 0.2) is 0 Å². The van der Waals surface area contributed by atoms with E-state index in [1.807, 2.05) is 23.1 Å². The first-order valence-electron chi connectivity index (χ1n) is 9.41. The van der Waals surface area contributed by atoms with Crippen molar-refractivity contribution in [2.45, 2.75) is 31.7 Å². The largest absolute Gasteiger partial charge is 0.338 e. The number of carbonyl (C=O) groups is 1. The van der Waals surface area contributed by atoms with Crippen molar-refractivity contribution in [3.8, 4) is 0 Å². The van der Waals surface area contributed by atoms with Crippen molar-refractivity contribution in [3.63, 3.8) is 0 Å². The predicted molar refractivity (Wildman–Crippen MR) is 96.7 cm³/mol. The molecule has 0 bridgehead atoms. The Morgan fingerprint density at radius 2 is 2.04 bits per heavy atom. The minimum Gasteiger partial charge on any atom is -0.338 e. The lowest BCUT2D eigenvalue weighted by molar-refractivity contribution is 0.201. The average Bonchev–Trinajstić information content (AvgIpc) is 3.39. The zero-order valence-corrected chi connectivity index (χ0v) is 14.6. The Morgan fingerprint density at radius 1 is 1.20 bits per heavy atom. The number of halogens is 1. The summed E-state index contributed by atoms with van der Waals surface area (Å²) in [6.45, 7) is 4.27. The number of nitrogens with one attached hydrogen (secondary N) is 1. The van der Waals surface area contributed by atoms with E-state index in [0.717, 1.165) is 24.7 Å². The molecule has 2 fully saturated rings. The minimum atomic E-state index is -0.187. The van der Waals surface area contributed by atoms with Crippen LogP contribution in [-0.4, -0.2) is 54.6 Å². The van der Waals surface area contributed by atoms with E-state index in [1.165, 1.54) is 31.9 Å². The summed E-state index contributed by atoms with van der Waals surface area (Å²) in [7, 11) is 0. The Bertz CT molecular complexity index is 671. The minimum absolute atomic E-state index is 0.00806. The van der Waals surface area contributed by atoms with Crippen molar-refractivity contribution in [3.05, 3.63) is 41.7 Å². The highest BCUT2D eigenvalue weighted by Crippen LogP contribution is 2.31. The summed E-state index contributed by atoms with van der Waals surface area (Å²) >= 11 is 0. The molecule has 3 aliphatic rings. The van der Waals surface area contributed by atoms with E-state index < -0.39 is 0 Å². The molecule has 0 aromatic heterocycles. The van der Waals surface area contributed by atoms with Crippen LogP contribution in [0.5, 0.6) is 0 Å². The molecule has 2 amide bonds. The number of hydrogen-bond acceptors (Lipinski definition) is 2. The summed E-state index contributed by atoms with van der Waals surface area (Å²) in [6, 6.07) is 7.68. The fourth-order valence-corrected chi connectivity index (χ4v) is 3.96. The van der Waals surface area contributed by atoms with Gasteiger partial charge in [-0.05, 0) is 49.8 Å². The average molecular weight is 343 g/mol. The lowest BCUT2D eigenvalue weighted by Crippen LogP contribution is -2.44. The maximum Gasteiger partial charge on any atom is 0.317 e. The highest BCUT2D eigenvalue weighted by atomic mass is 19.1. The van der Waals surface area contributed by atoms with Gasteiger partial charge in [0, 0.05) is 37.8 Å². The molecular weight excluding hydrogens is 317 g/mol. The van der Waals surface area contributed by atoms with Crippen molar-refractivity contribution in [2.24, 2.45) is 5.92 Å². The second-order valence-electron chi connectivity index (χ2n) is 7.47. The maximum atomic E-state index is 13.9. The van der Waals surface area contributed by atoms with Crippen LogP contribution in [0.2, 0.25) is 0 Å². The molecular formula is C20H26FN3O. The molecule has 0 spiro atoms. The molecule has 2 heterocycles. The second-order valence-corrected chi connectivity index (χ2v) is 7.47. The summed E-state index contributed by atoms with van der Waals surface area (Å²) in [5, 5.41) is 3.10. The number of amides is 2. The van der Waals surface area contributed by atoms with Crippen molar-refractivity contribution in [1.29, 1.82) is 0 Å². The van der Waals surface area contributed by atoms with Gasteiger partial charge in [-0.2, -0.15) is 0 Å². The topological polar surface area (TPSA) is 35.6 Å². The standard InChI is InChI=1S/C20H26FN3O/c21-19-4-2-1-3-18(19)16-8-11-23(12-9-16)20(25)22-13-15-7-10-24(14-15)17-5-6-17/h1-4,8,15,17H,5-7,9-14H2,(H,22,25). The van der Waals surface area contributed by atoms with Gasteiger partial charge in [0.25, 0.3) is 0 Å². The van der Waals surface area contributed by atoms with Crippen LogP contribution < -0.4 is 5.32 Å². The Morgan fingerprint density at radius 3 is 2.76 bits per heavy atom. The Hall–Kier alpha value is -1.88. The highest BCUT2D eigenvalue weighted by molar-refractivity contribution is 5.76. The Kier molecular flexibility index (Phi) is 4.75. The second kappa shape index (κ2) is 7.16. The zero-order chi connectivity index (χ0) is 17.2. The number of carbonyl (C=O) groups excluding carboxylic acids is 1. The summed E-state index contributed by atoms with van der Waals surface area (Å²) in [4.78, 5) is 16.8. The number of rotatable bonds is 4. The fraction of sp³-hybridized carbons (Fsp3) is 0.550. The van der Waals surface area contributed by atoms with E-state index in [0.29, 0.717) is 31.0 Å². The summed E-state index contributed by atoms with van der Waals surface area (Å²) in [6.07, 6.45) is 6.57. The van der Waals surface area contributed by atoms with Crippen LogP contribution in [-0.2, 0) is 0 Å². The SMILES string of the molecule is O=C(NCC1CCN(C2CC2)C1)N1CC=C(c2ccccc2F)CC1. The van der Waals surface area contributed by atoms with Crippen molar-refractivity contribution in [2.75, 3.05) is 32.7 Å². The summed E-state index contributed by atoms with van der Waals surface area (Å²) in [5.74, 6) is 0.395. The molecule has 1 atom stereocenters. The van der Waals surface area contributed by atoms with E-state index in [4.69, 9.17) is 0 Å². The molecule has 1 saturated carbocycles. The van der Waals surface area contributed by atoms with Crippen LogP contribution in [0, 0.1) is 11.7 Å². The van der Waals surface area contributed by atoms with Crippen molar-refractivity contribution < 1.29 is 9.18 Å². The Labute approximate surface area is 148 Å². The van der Waals surface area contributed by atoms with E-state index in [9.17, 15) is 9.18 Å². The quantitative estimate of drug-likeness (QED) is 0.912. The number of urea groups is 1. The molecule has 1 aromatic carbocycles. The van der Waals surface area contributed by atoms with Crippen LogP contribution in [0.1, 0.15) is 31.2 Å². The van der Waals surface area contributed by atoms with Gasteiger partial charge in [-0.15, -0.1) is 0 Å². The van der Waals surface area contributed by atoms with E-state index in [2.05, 4.69) is 10.2 Å². The third-order valence-corrected chi connectivity index (χ3v) is 5.64. The van der Waals surface area contributed by atoms with Gasteiger partial charge in [-0.3, -0.25) is 0 Å². The van der Waals surface area contributed by atoms with Crippen molar-refractivity contribution >= 4 is 11.6 Å². The number of likely N-dealkylation sites (tertiary alicyclic amines) is 1. The molecule has 1 aromatic rings. The smallest absolute Gasteiger partial charge is 0.317 e. The Balaban J connectivity index is 1.26. The van der Waals surface area contributed by atoms with Gasteiger partial charge >= 0.3 is 6.03 Å². The lowest BCUT2D eigenvalue weighted by atomic mass is 9.99. The third-order valence-electron chi connectivity index (χ3n) is 5.64. The van der Waals surface area contributed by atoms with E-state index >= 15 is 0 Å². The molecule has 25 heavy (non-hydrogen) atoms. The van der Waals surface area contributed by atoms with Gasteiger partial charge in [0.05, 0.1) is 0 Å². The molecule has 1 N–H and O–H groups in total. The molecule has 134 valence electrons. The monoisotopic (exact) mass is 343 g/mol. The highest BCUT2D eigenvalue weighted by Gasteiger charge is 2.34. The molecule has 1 aliphatic carbocycles. The van der Waals surface area contributed by atoms with E-state index in [-0.39, 0.29) is 11.8 Å². The molecule has 4 rings (SSSR count). The van der Waals surface area contributed by atoms with Gasteiger partial charge in [0.1, 0.15) is 5.82 Å². The van der Waals surface area contributed by atoms with E-state index in [1.54, 1.807) is 6.07 Å². The molecule has 1 saturated heterocycles. The number of nitrogens with zero attached hydrogens (tertiary/aromatic N) is 2. The number of benzene rings is 1. The van der Waals surface area contributed by atoms with Crippen LogP contribution in [0.3, 0.4) is 0 Å². The molecule has 5 heteroatoms. The van der Waals surface area contributed by atoms with Gasteiger partial charge < -0.3 is 15.1 Å². The normalized spacial score (nSPS) is 24.3. The molecule has 2 aliphatic heterocycles. The van der Waals surface area contributed by atoms with Crippen LogP contribution >= 0.6 is 0 Å². The molecule has 0 radical (unpaired) electrons. The van der Waals surface area contributed by atoms with Crippen LogP contribution in [0.25, 0.3) is 5.57 Å². The first-order chi connectivity index (χ1) is 12.2. The lowest BCUT2D eigenvalue weighted by Gasteiger charge is -2.27. The molecule has 4 nitrogen and oxygen atoms in total. The van der Waals surface area contributed by atoms with Crippen LogP contribution in [0.15, 0.2) is 30.3 Å². The fourth-order valence-electron chi connectivity index (χ4n) is 3.96.